The molecule has 0 aliphatic rings. The zero-order valence-corrected chi connectivity index (χ0v) is 19.3. The average Bonchev–Trinajstić information content (AvgIpc) is 2.71. The van der Waals surface area contributed by atoms with E-state index < -0.39 is 0 Å². The summed E-state index contributed by atoms with van der Waals surface area (Å²) in [5, 5.41) is 47.0. The third-order valence-electron chi connectivity index (χ3n) is 2.51. The van der Waals surface area contributed by atoms with E-state index in [1.54, 1.807) is 6.92 Å². The Balaban J connectivity index is -0.0000000511. The number of hydrogen-bond acceptors (Lipinski definition) is 6. The average molecular weight is 403 g/mol. The Kier molecular flexibility index (Phi) is 111. The summed E-state index contributed by atoms with van der Waals surface area (Å²) in [6.45, 7) is 11.6. The van der Waals surface area contributed by atoms with Gasteiger partial charge in [-0.25, -0.2) is 0 Å². The van der Waals surface area contributed by atoms with E-state index in [2.05, 4.69) is 20.8 Å². The van der Waals surface area contributed by atoms with Crippen LogP contribution in [0.25, 0.3) is 0 Å². The van der Waals surface area contributed by atoms with Gasteiger partial charge in [0.2, 0.25) is 0 Å². The fourth-order valence-electron chi connectivity index (χ4n) is 1.06. The van der Waals surface area contributed by atoms with E-state index in [0.29, 0.717) is 26.4 Å². The molecule has 0 aromatic heterocycles. The Morgan fingerprint density at radius 3 is 0.778 bits per heavy atom. The molecule has 0 fully saturated rings. The number of hydrogen-bond donors (Lipinski definition) is 6. The first kappa shape index (κ1) is 41.2. The Morgan fingerprint density at radius 2 is 0.630 bits per heavy atom. The first-order chi connectivity index (χ1) is 13.1. The van der Waals surface area contributed by atoms with Gasteiger partial charge in [0, 0.05) is 40.1 Å². The van der Waals surface area contributed by atoms with Crippen LogP contribution in [0, 0.1) is 0 Å². The minimum Gasteiger partial charge on any atom is -0.400 e. The first-order valence-electron chi connectivity index (χ1n) is 10.6. The van der Waals surface area contributed by atoms with Crippen molar-refractivity contribution in [1.82, 2.24) is 0 Å². The van der Waals surface area contributed by atoms with Crippen molar-refractivity contribution in [1.29, 1.82) is 0 Å². The molecule has 0 aromatic rings. The van der Waals surface area contributed by atoms with Crippen LogP contribution in [0.3, 0.4) is 0 Å². The molecule has 0 saturated heterocycles. The lowest BCUT2D eigenvalue weighted by Crippen LogP contribution is -1.80. The van der Waals surface area contributed by atoms with Crippen LogP contribution >= 0.6 is 0 Å². The maximum atomic E-state index is 8.29. The molecule has 6 nitrogen and oxygen atoms in total. The van der Waals surface area contributed by atoms with E-state index in [0.717, 1.165) is 45.6 Å². The monoisotopic (exact) mass is 402 g/mol. The lowest BCUT2D eigenvalue weighted by Gasteiger charge is -1.90. The van der Waals surface area contributed by atoms with Crippen LogP contribution in [0.2, 0.25) is 0 Å². The van der Waals surface area contributed by atoms with Crippen LogP contribution in [0.1, 0.15) is 98.8 Å². The summed E-state index contributed by atoms with van der Waals surface area (Å²) in [7, 11) is 1.00. The molecule has 0 aromatic carbocycles. The highest BCUT2D eigenvalue weighted by Crippen LogP contribution is 1.96. The molecule has 6 heteroatoms. The minimum atomic E-state index is 0.250. The van der Waals surface area contributed by atoms with Gasteiger partial charge in [-0.3, -0.25) is 0 Å². The standard InChI is InChI=1S/C6H14O.C5H12O.C4H10O.C3H8O.C2H6O.CH4O/c1-2-3-4-5-6-7;1-2-3-4-5-6;1-2-3-4-5;1-2-3-4;1-2-3;1-2/h7H,2-6H2,1H3;6H,2-5H2,1H3;5H,2-4H2,1H3;4H,2-3H2,1H3;3H,2H2,1H3;2H,1H3. The van der Waals surface area contributed by atoms with Crippen molar-refractivity contribution >= 4 is 0 Å². The summed E-state index contributed by atoms with van der Waals surface area (Å²) >= 11 is 0. The van der Waals surface area contributed by atoms with E-state index >= 15 is 0 Å². The third kappa shape index (κ3) is 153. The smallest absolute Gasteiger partial charge is 0.0431 e. The maximum absolute atomic E-state index is 8.29. The topological polar surface area (TPSA) is 121 Å². The largest absolute Gasteiger partial charge is 0.400 e. The van der Waals surface area contributed by atoms with E-state index in [1.165, 1.54) is 25.7 Å². The predicted octanol–water partition coefficient (Wildman–Crippen LogP) is 3.50. The van der Waals surface area contributed by atoms with E-state index in [4.69, 9.17) is 30.6 Å². The van der Waals surface area contributed by atoms with Crippen LogP contribution in [-0.2, 0) is 0 Å². The molecule has 27 heavy (non-hydrogen) atoms. The molecule has 0 bridgehead atoms. The molecule has 0 aliphatic carbocycles. The lowest BCUT2D eigenvalue weighted by atomic mass is 10.2. The Morgan fingerprint density at radius 1 is 0.370 bits per heavy atom. The van der Waals surface area contributed by atoms with Gasteiger partial charge in [0.15, 0.2) is 0 Å². The second kappa shape index (κ2) is 72.5. The first-order valence-corrected chi connectivity index (χ1v) is 10.6. The molecule has 0 rings (SSSR count). The van der Waals surface area contributed by atoms with Gasteiger partial charge in [0.05, 0.1) is 0 Å². The molecule has 0 amide bonds. The highest BCUT2D eigenvalue weighted by molar-refractivity contribution is 4.35. The fraction of sp³-hybridized carbons (Fsp3) is 1.00. The quantitative estimate of drug-likeness (QED) is 0.311. The van der Waals surface area contributed by atoms with Gasteiger partial charge >= 0.3 is 0 Å². The van der Waals surface area contributed by atoms with Crippen LogP contribution < -0.4 is 0 Å². The van der Waals surface area contributed by atoms with E-state index in [1.807, 2.05) is 6.92 Å². The van der Waals surface area contributed by atoms with Crippen molar-refractivity contribution in [3.63, 3.8) is 0 Å². The van der Waals surface area contributed by atoms with E-state index in [9.17, 15) is 0 Å². The van der Waals surface area contributed by atoms with Crippen molar-refractivity contribution in [2.75, 3.05) is 40.1 Å². The molecule has 0 aliphatic heterocycles. The predicted molar refractivity (Wildman–Crippen MR) is 118 cm³/mol. The summed E-state index contributed by atoms with van der Waals surface area (Å²) in [6.07, 6.45) is 10.9. The summed E-state index contributed by atoms with van der Waals surface area (Å²) in [4.78, 5) is 0. The molecular weight excluding hydrogens is 348 g/mol. The van der Waals surface area contributed by atoms with Crippen molar-refractivity contribution in [3.8, 4) is 0 Å². The molecule has 0 spiro atoms. The minimum absolute atomic E-state index is 0.250. The second-order valence-corrected chi connectivity index (χ2v) is 5.33. The zero-order chi connectivity index (χ0) is 22.6. The van der Waals surface area contributed by atoms with Crippen molar-refractivity contribution in [3.05, 3.63) is 0 Å². The molecule has 0 radical (unpaired) electrons. The molecular formula is C21H54O6. The van der Waals surface area contributed by atoms with Crippen molar-refractivity contribution in [2.45, 2.75) is 98.8 Å². The van der Waals surface area contributed by atoms with Gasteiger partial charge in [-0.15, -0.1) is 0 Å². The number of unbranched alkanes of at least 4 members (excludes halogenated alkanes) is 6. The molecule has 0 unspecified atom stereocenters. The van der Waals surface area contributed by atoms with Gasteiger partial charge in [0.25, 0.3) is 0 Å². The molecule has 0 saturated carbocycles. The Bertz CT molecular complexity index is 126. The maximum Gasteiger partial charge on any atom is 0.0431 e. The van der Waals surface area contributed by atoms with Crippen LogP contribution in [0.5, 0.6) is 0 Å². The summed E-state index contributed by atoms with van der Waals surface area (Å²) in [5.41, 5.74) is 0. The van der Waals surface area contributed by atoms with Crippen molar-refractivity contribution in [2.24, 2.45) is 0 Å². The molecule has 6 N–H and O–H groups in total. The van der Waals surface area contributed by atoms with Crippen LogP contribution in [0.15, 0.2) is 0 Å². The molecule has 0 atom stereocenters. The highest BCUT2D eigenvalue weighted by Gasteiger charge is 1.81. The molecule has 0 heterocycles. The number of rotatable bonds is 10. The fourth-order valence-corrected chi connectivity index (χ4v) is 1.06. The van der Waals surface area contributed by atoms with Crippen molar-refractivity contribution < 1.29 is 30.6 Å². The SMILES string of the molecule is CCCCCCO.CCCCCO.CCCCO.CCCO.CCO.CO. The molecule has 174 valence electrons. The van der Waals surface area contributed by atoms with Crippen LogP contribution in [0.4, 0.5) is 0 Å². The highest BCUT2D eigenvalue weighted by atomic mass is 16.3. The zero-order valence-electron chi connectivity index (χ0n) is 19.3. The van der Waals surface area contributed by atoms with Gasteiger partial charge in [-0.2, -0.15) is 0 Å². The summed E-state index contributed by atoms with van der Waals surface area (Å²) < 4.78 is 0. The Hall–Kier alpha value is -0.240. The lowest BCUT2D eigenvalue weighted by molar-refractivity contribution is 0.283. The second-order valence-electron chi connectivity index (χ2n) is 5.33. The third-order valence-corrected chi connectivity index (χ3v) is 2.51. The van der Waals surface area contributed by atoms with Gasteiger partial charge in [-0.1, -0.05) is 66.2 Å². The number of aliphatic hydroxyl groups is 6. The van der Waals surface area contributed by atoms with Gasteiger partial charge in [0.1, 0.15) is 0 Å². The van der Waals surface area contributed by atoms with Gasteiger partial charge in [-0.05, 0) is 32.6 Å². The van der Waals surface area contributed by atoms with Gasteiger partial charge < -0.3 is 30.6 Å². The summed E-state index contributed by atoms with van der Waals surface area (Å²) in [6, 6.07) is 0. The van der Waals surface area contributed by atoms with E-state index in [-0.39, 0.29) is 6.61 Å². The Labute approximate surface area is 170 Å². The number of aliphatic hydroxyl groups excluding tert-OH is 6. The summed E-state index contributed by atoms with van der Waals surface area (Å²) in [5.74, 6) is 0. The normalized spacial score (nSPS) is 8.00. The van der Waals surface area contributed by atoms with Crippen LogP contribution in [-0.4, -0.2) is 70.8 Å².